The van der Waals surface area contributed by atoms with E-state index in [0.29, 0.717) is 28.6 Å². The first-order chi connectivity index (χ1) is 9.08. The molecule has 0 radical (unpaired) electrons. The standard InChI is InChI=1S/C13H13NO2S3/c1-9(15)4-2-6-14-12(16)11(19-13(14)17)8-10-5-3-7-18-10/h3,5,7-8H,2,4,6H2,1H3/b11-8-. The highest BCUT2D eigenvalue weighted by atomic mass is 32.2. The van der Waals surface area contributed by atoms with Gasteiger partial charge in [0.15, 0.2) is 0 Å². The molecule has 1 aliphatic heterocycles. The number of nitrogens with zero attached hydrogens (tertiary/aromatic N) is 1. The predicted octanol–water partition coefficient (Wildman–Crippen LogP) is 3.32. The largest absolute Gasteiger partial charge is 0.300 e. The van der Waals surface area contributed by atoms with Gasteiger partial charge in [-0.1, -0.05) is 30.0 Å². The fourth-order valence-corrected chi connectivity index (χ4v) is 3.71. The van der Waals surface area contributed by atoms with Gasteiger partial charge in [-0.15, -0.1) is 11.3 Å². The summed E-state index contributed by atoms with van der Waals surface area (Å²) >= 11 is 8.13. The first kappa shape index (κ1) is 14.4. The van der Waals surface area contributed by atoms with Crippen LogP contribution < -0.4 is 0 Å². The second-order valence-electron chi connectivity index (χ2n) is 4.15. The van der Waals surface area contributed by atoms with Gasteiger partial charge in [-0.2, -0.15) is 0 Å². The van der Waals surface area contributed by atoms with Gasteiger partial charge in [0.25, 0.3) is 5.91 Å². The summed E-state index contributed by atoms with van der Waals surface area (Å²) < 4.78 is 0.580. The number of hydrogen-bond acceptors (Lipinski definition) is 5. The van der Waals surface area contributed by atoms with Crippen molar-refractivity contribution < 1.29 is 9.59 Å². The van der Waals surface area contributed by atoms with E-state index in [0.717, 1.165) is 4.88 Å². The molecule has 2 rings (SSSR count). The number of thiophene rings is 1. The van der Waals surface area contributed by atoms with Crippen molar-refractivity contribution in [3.63, 3.8) is 0 Å². The number of ketones is 1. The maximum atomic E-state index is 12.2. The van der Waals surface area contributed by atoms with Crippen LogP contribution in [0, 0.1) is 0 Å². The zero-order valence-electron chi connectivity index (χ0n) is 10.4. The molecule has 0 aliphatic carbocycles. The van der Waals surface area contributed by atoms with Gasteiger partial charge < -0.3 is 4.79 Å². The molecule has 0 atom stereocenters. The van der Waals surface area contributed by atoms with Gasteiger partial charge in [0.05, 0.1) is 4.91 Å². The average molecular weight is 311 g/mol. The average Bonchev–Trinajstić information content (AvgIpc) is 2.93. The summed E-state index contributed by atoms with van der Waals surface area (Å²) in [4.78, 5) is 26.4. The van der Waals surface area contributed by atoms with Crippen LogP contribution >= 0.6 is 35.3 Å². The second kappa shape index (κ2) is 6.45. The van der Waals surface area contributed by atoms with Crippen molar-refractivity contribution in [2.24, 2.45) is 0 Å². The summed E-state index contributed by atoms with van der Waals surface area (Å²) in [6, 6.07) is 3.91. The molecule has 100 valence electrons. The summed E-state index contributed by atoms with van der Waals surface area (Å²) in [5.41, 5.74) is 0. The van der Waals surface area contributed by atoms with Crippen LogP contribution in [0.2, 0.25) is 0 Å². The third-order valence-corrected chi connectivity index (χ3v) is 4.80. The van der Waals surface area contributed by atoms with Crippen molar-refractivity contribution in [2.75, 3.05) is 6.54 Å². The SMILES string of the molecule is CC(=O)CCCN1C(=O)/C(=C/c2cccs2)SC1=S. The Morgan fingerprint density at radius 3 is 2.95 bits per heavy atom. The Morgan fingerprint density at radius 2 is 2.32 bits per heavy atom. The fourth-order valence-electron chi connectivity index (χ4n) is 1.68. The van der Waals surface area contributed by atoms with Crippen LogP contribution in [-0.2, 0) is 9.59 Å². The van der Waals surface area contributed by atoms with Crippen LogP contribution in [0.1, 0.15) is 24.6 Å². The molecule has 1 amide bonds. The molecule has 1 fully saturated rings. The van der Waals surface area contributed by atoms with Crippen molar-refractivity contribution in [2.45, 2.75) is 19.8 Å². The first-order valence-electron chi connectivity index (χ1n) is 5.86. The number of thiocarbonyl (C=S) groups is 1. The maximum absolute atomic E-state index is 12.2. The van der Waals surface area contributed by atoms with Gasteiger partial charge in [0, 0.05) is 17.8 Å². The smallest absolute Gasteiger partial charge is 0.266 e. The Labute approximate surface area is 125 Å². The van der Waals surface area contributed by atoms with E-state index < -0.39 is 0 Å². The lowest BCUT2D eigenvalue weighted by molar-refractivity contribution is -0.123. The Balaban J connectivity index is 2.02. The van der Waals surface area contributed by atoms with E-state index in [4.69, 9.17) is 12.2 Å². The summed E-state index contributed by atoms with van der Waals surface area (Å²) in [5.74, 6) is 0.0894. The highest BCUT2D eigenvalue weighted by molar-refractivity contribution is 8.26. The molecular weight excluding hydrogens is 298 g/mol. The lowest BCUT2D eigenvalue weighted by atomic mass is 10.2. The molecule has 1 aromatic heterocycles. The number of rotatable bonds is 5. The Kier molecular flexibility index (Phi) is 4.90. The minimum absolute atomic E-state index is 0.0491. The van der Waals surface area contributed by atoms with E-state index >= 15 is 0 Å². The van der Waals surface area contributed by atoms with Crippen LogP contribution in [0.3, 0.4) is 0 Å². The molecule has 0 saturated carbocycles. The predicted molar refractivity (Wildman–Crippen MR) is 84.1 cm³/mol. The van der Waals surface area contributed by atoms with E-state index in [1.165, 1.54) is 11.8 Å². The van der Waals surface area contributed by atoms with Crippen molar-refractivity contribution in [3.05, 3.63) is 27.3 Å². The third kappa shape index (κ3) is 3.75. The summed E-state index contributed by atoms with van der Waals surface area (Å²) in [6.45, 7) is 2.08. The van der Waals surface area contributed by atoms with Crippen LogP contribution in [-0.4, -0.2) is 27.5 Å². The van der Waals surface area contributed by atoms with Gasteiger partial charge >= 0.3 is 0 Å². The topological polar surface area (TPSA) is 37.4 Å². The van der Waals surface area contributed by atoms with E-state index in [2.05, 4.69) is 0 Å². The van der Waals surface area contributed by atoms with Gasteiger partial charge in [0.2, 0.25) is 0 Å². The van der Waals surface area contributed by atoms with Gasteiger partial charge in [-0.3, -0.25) is 9.69 Å². The summed E-state index contributed by atoms with van der Waals surface area (Å²) in [7, 11) is 0. The summed E-state index contributed by atoms with van der Waals surface area (Å²) in [5, 5.41) is 1.97. The normalized spacial score (nSPS) is 17.5. The van der Waals surface area contributed by atoms with Crippen molar-refractivity contribution in [1.82, 2.24) is 4.90 Å². The van der Waals surface area contributed by atoms with E-state index in [9.17, 15) is 9.59 Å². The highest BCUT2D eigenvalue weighted by Gasteiger charge is 2.31. The third-order valence-electron chi connectivity index (χ3n) is 2.60. The lowest BCUT2D eigenvalue weighted by Crippen LogP contribution is -2.29. The maximum Gasteiger partial charge on any atom is 0.266 e. The molecule has 1 saturated heterocycles. The van der Waals surface area contributed by atoms with Gasteiger partial charge in [0.1, 0.15) is 10.1 Å². The molecular formula is C13H13NO2S3. The first-order valence-corrected chi connectivity index (χ1v) is 7.96. The van der Waals surface area contributed by atoms with E-state index in [1.54, 1.807) is 23.2 Å². The number of thioether (sulfide) groups is 1. The Bertz CT molecular complexity index is 534. The molecule has 0 bridgehead atoms. The van der Waals surface area contributed by atoms with Crippen molar-refractivity contribution >= 4 is 57.4 Å². The van der Waals surface area contributed by atoms with E-state index in [-0.39, 0.29) is 11.7 Å². The molecule has 2 heterocycles. The quantitative estimate of drug-likeness (QED) is 0.617. The van der Waals surface area contributed by atoms with E-state index in [1.807, 2.05) is 23.6 Å². The van der Waals surface area contributed by atoms with Crippen molar-refractivity contribution in [3.8, 4) is 0 Å². The number of carbonyl (C=O) groups excluding carboxylic acids is 2. The Hall–Kier alpha value is -0.980. The van der Waals surface area contributed by atoms with Crippen LogP contribution in [0.15, 0.2) is 22.4 Å². The minimum Gasteiger partial charge on any atom is -0.300 e. The number of hydrogen-bond donors (Lipinski definition) is 0. The molecule has 19 heavy (non-hydrogen) atoms. The zero-order chi connectivity index (χ0) is 13.8. The molecule has 0 spiro atoms. The van der Waals surface area contributed by atoms with Gasteiger partial charge in [-0.05, 0) is 30.9 Å². The highest BCUT2D eigenvalue weighted by Crippen LogP contribution is 2.33. The lowest BCUT2D eigenvalue weighted by Gasteiger charge is -2.13. The molecule has 1 aromatic rings. The molecule has 0 unspecified atom stereocenters. The Morgan fingerprint density at radius 1 is 1.53 bits per heavy atom. The molecule has 6 heteroatoms. The summed E-state index contributed by atoms with van der Waals surface area (Å²) in [6.07, 6.45) is 3.02. The molecule has 3 nitrogen and oxygen atoms in total. The second-order valence-corrected chi connectivity index (χ2v) is 6.81. The molecule has 1 aliphatic rings. The monoisotopic (exact) mass is 311 g/mol. The van der Waals surface area contributed by atoms with Crippen LogP contribution in [0.25, 0.3) is 6.08 Å². The van der Waals surface area contributed by atoms with Crippen molar-refractivity contribution in [1.29, 1.82) is 0 Å². The van der Waals surface area contributed by atoms with Gasteiger partial charge in [-0.25, -0.2) is 0 Å². The van der Waals surface area contributed by atoms with Crippen LogP contribution in [0.5, 0.6) is 0 Å². The fraction of sp³-hybridized carbons (Fsp3) is 0.308. The number of amides is 1. The molecule has 0 aromatic carbocycles. The zero-order valence-corrected chi connectivity index (χ0v) is 12.9. The number of Topliss-reactive ketones (excluding diaryl/α,β-unsaturated/α-hetero) is 1. The minimum atomic E-state index is -0.0491. The molecule has 0 N–H and O–H groups in total. The number of carbonyl (C=O) groups is 2. The van der Waals surface area contributed by atoms with Crippen LogP contribution in [0.4, 0.5) is 0 Å².